The molecule has 0 aromatic heterocycles. The minimum absolute atomic E-state index is 0.0596. The average Bonchev–Trinajstić information content (AvgIpc) is 2.12. The molecule has 0 bridgehead atoms. The third-order valence-corrected chi connectivity index (χ3v) is 1.21. The summed E-state index contributed by atoms with van der Waals surface area (Å²) < 4.78 is 4.66. The van der Waals surface area contributed by atoms with E-state index in [2.05, 4.69) is 17.9 Å². The zero-order chi connectivity index (χ0) is 11.0. The Bertz CT molecular complexity index is 285. The minimum Gasteiger partial charge on any atom is -0.509 e. The van der Waals surface area contributed by atoms with Crippen LogP contribution in [-0.2, 0) is 9.53 Å². The molecule has 0 heterocycles. The normalized spacial score (nSPS) is 10.6. The highest BCUT2D eigenvalue weighted by Gasteiger charge is 1.92. The van der Waals surface area contributed by atoms with Crippen LogP contribution < -0.4 is 0 Å². The van der Waals surface area contributed by atoms with Gasteiger partial charge in [0.05, 0.1) is 6.61 Å². The lowest BCUT2D eigenvalue weighted by Gasteiger charge is -1.94. The van der Waals surface area contributed by atoms with Crippen LogP contribution in [0, 0.1) is 0 Å². The smallest absolute Gasteiger partial charge is 0.330 e. The molecular weight excluding hydrogens is 180 g/mol. The summed E-state index contributed by atoms with van der Waals surface area (Å²) in [6, 6.07) is 0. The van der Waals surface area contributed by atoms with E-state index in [0.717, 1.165) is 0 Å². The van der Waals surface area contributed by atoms with Crippen LogP contribution in [0.25, 0.3) is 0 Å². The fourth-order valence-corrected chi connectivity index (χ4v) is 0.624. The van der Waals surface area contributed by atoms with E-state index in [4.69, 9.17) is 5.11 Å². The zero-order valence-corrected chi connectivity index (χ0v) is 8.19. The molecule has 0 aliphatic heterocycles. The summed E-state index contributed by atoms with van der Waals surface area (Å²) in [6.45, 7) is 8.97. The van der Waals surface area contributed by atoms with Crippen molar-refractivity contribution in [2.75, 3.05) is 6.61 Å². The summed E-state index contributed by atoms with van der Waals surface area (Å²) >= 11 is 0. The number of rotatable bonds is 5. The van der Waals surface area contributed by atoms with Crippen LogP contribution in [0.5, 0.6) is 0 Å². The van der Waals surface area contributed by atoms with Gasteiger partial charge in [-0.05, 0) is 24.6 Å². The summed E-state index contributed by atoms with van der Waals surface area (Å²) in [5, 5.41) is 8.72. The number of hydrogen-bond donors (Lipinski definition) is 1. The quantitative estimate of drug-likeness (QED) is 0.316. The van der Waals surface area contributed by atoms with Crippen molar-refractivity contribution < 1.29 is 14.6 Å². The number of aliphatic hydroxyl groups is 1. The van der Waals surface area contributed by atoms with Crippen molar-refractivity contribution in [3.05, 3.63) is 48.8 Å². The molecule has 0 amide bonds. The van der Waals surface area contributed by atoms with Crippen LogP contribution >= 0.6 is 0 Å². The first-order valence-corrected chi connectivity index (χ1v) is 4.16. The van der Waals surface area contributed by atoms with Crippen molar-refractivity contribution in [2.45, 2.75) is 6.92 Å². The predicted molar refractivity (Wildman–Crippen MR) is 55.8 cm³/mol. The first-order valence-electron chi connectivity index (χ1n) is 4.16. The highest BCUT2D eigenvalue weighted by atomic mass is 16.5. The van der Waals surface area contributed by atoms with E-state index in [1.165, 1.54) is 24.3 Å². The lowest BCUT2D eigenvalue weighted by atomic mass is 10.2. The molecule has 0 saturated carbocycles. The summed E-state index contributed by atoms with van der Waals surface area (Å²) in [6.07, 6.45) is 5.70. The summed E-state index contributed by atoms with van der Waals surface area (Å²) in [5.41, 5.74) is 0.577. The molecule has 1 N–H and O–H groups in total. The standard InChI is InChI=1S/C11H14O3/c1-4-14-11(13)8-6-9(2)5-7-10(3)12/h5-8,12H,2-4H2,1H3/b7-5-,8-6+. The van der Waals surface area contributed by atoms with Crippen LogP contribution in [0.1, 0.15) is 6.92 Å². The van der Waals surface area contributed by atoms with Gasteiger partial charge in [0.25, 0.3) is 0 Å². The molecule has 0 aliphatic rings. The highest BCUT2D eigenvalue weighted by molar-refractivity contribution is 5.82. The summed E-state index contributed by atoms with van der Waals surface area (Å²) in [4.78, 5) is 10.8. The van der Waals surface area contributed by atoms with Crippen LogP contribution in [-0.4, -0.2) is 17.7 Å². The molecular formula is C11H14O3. The number of carbonyl (C=O) groups is 1. The Hall–Kier alpha value is -1.77. The molecule has 0 aliphatic carbocycles. The molecule has 76 valence electrons. The second kappa shape index (κ2) is 6.71. The Morgan fingerprint density at radius 2 is 1.86 bits per heavy atom. The number of aliphatic hydroxyl groups excluding tert-OH is 1. The van der Waals surface area contributed by atoms with Gasteiger partial charge in [-0.3, -0.25) is 0 Å². The fourth-order valence-electron chi connectivity index (χ4n) is 0.624. The molecule has 0 aromatic rings. The third kappa shape index (κ3) is 6.91. The van der Waals surface area contributed by atoms with Gasteiger partial charge in [-0.25, -0.2) is 4.79 Å². The zero-order valence-electron chi connectivity index (χ0n) is 8.19. The fraction of sp³-hybridized carbons (Fsp3) is 0.182. The van der Waals surface area contributed by atoms with Crippen molar-refractivity contribution >= 4 is 5.97 Å². The second-order valence-electron chi connectivity index (χ2n) is 2.48. The maximum Gasteiger partial charge on any atom is 0.330 e. The van der Waals surface area contributed by atoms with Crippen LogP contribution in [0.4, 0.5) is 0 Å². The first kappa shape index (κ1) is 12.2. The van der Waals surface area contributed by atoms with E-state index < -0.39 is 5.97 Å². The number of esters is 1. The Kier molecular flexibility index (Phi) is 5.87. The topological polar surface area (TPSA) is 46.5 Å². The molecule has 0 fully saturated rings. The van der Waals surface area contributed by atoms with Gasteiger partial charge in [0.2, 0.25) is 0 Å². The first-order chi connectivity index (χ1) is 6.56. The van der Waals surface area contributed by atoms with E-state index in [9.17, 15) is 4.79 Å². The molecule has 14 heavy (non-hydrogen) atoms. The van der Waals surface area contributed by atoms with E-state index in [-0.39, 0.29) is 5.76 Å². The molecule has 0 radical (unpaired) electrons. The second-order valence-corrected chi connectivity index (χ2v) is 2.48. The molecule has 0 atom stereocenters. The van der Waals surface area contributed by atoms with E-state index in [1.807, 2.05) is 0 Å². The summed E-state index contributed by atoms with van der Waals surface area (Å²) in [5.74, 6) is -0.472. The lowest BCUT2D eigenvalue weighted by molar-refractivity contribution is -0.137. The maximum absolute atomic E-state index is 10.8. The Morgan fingerprint density at radius 1 is 1.29 bits per heavy atom. The summed E-state index contributed by atoms with van der Waals surface area (Å²) in [7, 11) is 0. The molecule has 0 aromatic carbocycles. The SMILES string of the molecule is C=C(O)/C=C\C(=C)/C=C/C(=O)OCC. The number of allylic oxidation sites excluding steroid dienone is 4. The average molecular weight is 194 g/mol. The molecule has 3 nitrogen and oxygen atoms in total. The van der Waals surface area contributed by atoms with Crippen molar-refractivity contribution in [3.8, 4) is 0 Å². The molecule has 0 spiro atoms. The van der Waals surface area contributed by atoms with Crippen molar-refractivity contribution in [2.24, 2.45) is 0 Å². The number of ether oxygens (including phenoxy) is 1. The van der Waals surface area contributed by atoms with Gasteiger partial charge in [0.1, 0.15) is 5.76 Å². The molecule has 0 saturated heterocycles. The number of carbonyl (C=O) groups excluding carboxylic acids is 1. The lowest BCUT2D eigenvalue weighted by Crippen LogP contribution is -1.98. The predicted octanol–water partition coefficient (Wildman–Crippen LogP) is 2.29. The Labute approximate surface area is 83.7 Å². The van der Waals surface area contributed by atoms with Gasteiger partial charge in [-0.1, -0.05) is 19.2 Å². The van der Waals surface area contributed by atoms with E-state index >= 15 is 0 Å². The van der Waals surface area contributed by atoms with Gasteiger partial charge in [-0.2, -0.15) is 0 Å². The number of hydrogen-bond acceptors (Lipinski definition) is 3. The van der Waals surface area contributed by atoms with Gasteiger partial charge < -0.3 is 9.84 Å². The minimum atomic E-state index is -0.412. The van der Waals surface area contributed by atoms with E-state index in [0.29, 0.717) is 12.2 Å². The van der Waals surface area contributed by atoms with Gasteiger partial charge in [0.15, 0.2) is 0 Å². The van der Waals surface area contributed by atoms with Crippen molar-refractivity contribution in [1.29, 1.82) is 0 Å². The monoisotopic (exact) mass is 194 g/mol. The van der Waals surface area contributed by atoms with Gasteiger partial charge in [0, 0.05) is 6.08 Å². The Balaban J connectivity index is 4.05. The van der Waals surface area contributed by atoms with Gasteiger partial charge >= 0.3 is 5.97 Å². The van der Waals surface area contributed by atoms with Crippen molar-refractivity contribution in [3.63, 3.8) is 0 Å². The third-order valence-electron chi connectivity index (χ3n) is 1.21. The van der Waals surface area contributed by atoms with Crippen LogP contribution in [0.3, 0.4) is 0 Å². The Morgan fingerprint density at radius 3 is 2.36 bits per heavy atom. The van der Waals surface area contributed by atoms with Crippen LogP contribution in [0.2, 0.25) is 0 Å². The largest absolute Gasteiger partial charge is 0.509 e. The van der Waals surface area contributed by atoms with Gasteiger partial charge in [-0.15, -0.1) is 0 Å². The molecule has 0 unspecified atom stereocenters. The molecule has 3 heteroatoms. The molecule has 0 rings (SSSR count). The maximum atomic E-state index is 10.8. The van der Waals surface area contributed by atoms with E-state index in [1.54, 1.807) is 6.92 Å². The van der Waals surface area contributed by atoms with Crippen LogP contribution in [0.15, 0.2) is 48.8 Å². The highest BCUT2D eigenvalue weighted by Crippen LogP contribution is 1.98. The van der Waals surface area contributed by atoms with Crippen molar-refractivity contribution in [1.82, 2.24) is 0 Å².